The smallest absolute Gasteiger partial charge is 0.303 e. The zero-order valence-electron chi connectivity index (χ0n) is 22.5. The Morgan fingerprint density at radius 2 is 0.412 bits per heavy atom. The first-order valence-electron chi connectivity index (χ1n) is 13.4. The van der Waals surface area contributed by atoms with E-state index >= 15 is 0 Å². The molecule has 6 N–H and O–H groups in total. The molecule has 0 aromatic heterocycles. The molecular weight excluding hydrogens is 478 g/mol. The molecule has 0 heterocycles. The predicted octanol–water partition coefficient (Wildman–Crippen LogP) is 8.00. The van der Waals surface area contributed by atoms with Gasteiger partial charge in [0.2, 0.25) is 0 Å². The van der Waals surface area contributed by atoms with Crippen LogP contribution in [0.4, 0.5) is 0 Å². The van der Waals surface area contributed by atoms with E-state index in [1.807, 2.05) is 0 Å². The van der Waals surface area contributed by atoms with Gasteiger partial charge in [0.05, 0.1) is 0 Å². The molecule has 0 aliphatic carbocycles. The second kappa shape index (κ2) is 33.2. The molecule has 0 radical (unpaired) electrons. The Balaban J connectivity index is -0.000000191. The molecule has 0 spiro atoms. The highest BCUT2D eigenvalue weighted by atomic mass is 31.2. The van der Waals surface area contributed by atoms with E-state index in [9.17, 15) is 0 Å². The summed E-state index contributed by atoms with van der Waals surface area (Å²) in [5.74, 6) is 0. The molecule has 0 saturated carbocycles. The van der Waals surface area contributed by atoms with E-state index < -0.39 is 15.6 Å². The Labute approximate surface area is 210 Å². The fourth-order valence-corrected chi connectivity index (χ4v) is 3.12. The van der Waals surface area contributed by atoms with E-state index in [2.05, 4.69) is 27.7 Å². The summed E-state index contributed by atoms with van der Waals surface area (Å²) in [5.41, 5.74) is 0. The highest BCUT2D eigenvalue weighted by Crippen LogP contribution is 2.26. The summed E-state index contributed by atoms with van der Waals surface area (Å²) in [6.07, 6.45) is 28.9. The van der Waals surface area contributed by atoms with Crippen LogP contribution in [0.3, 0.4) is 0 Å². The number of hydrogen-bond acceptors (Lipinski definition) is 2. The van der Waals surface area contributed by atoms with Gasteiger partial charge in [0.1, 0.15) is 0 Å². The molecule has 0 amide bonds. The molecule has 34 heavy (non-hydrogen) atoms. The Kier molecular flexibility index (Phi) is 40.4. The zero-order valence-corrected chi connectivity index (χ0v) is 24.3. The van der Waals surface area contributed by atoms with Gasteiger partial charge in [-0.25, -0.2) is 9.13 Å². The molecular formula is C24H58O8P2. The van der Waals surface area contributed by atoms with Crippen LogP contribution < -0.4 is 0 Å². The van der Waals surface area contributed by atoms with Gasteiger partial charge in [-0.1, -0.05) is 156 Å². The first-order valence-corrected chi connectivity index (χ1v) is 16.5. The minimum atomic E-state index is -4.64. The Hall–Kier alpha value is 0.220. The molecule has 0 fully saturated rings. The summed E-state index contributed by atoms with van der Waals surface area (Å²) >= 11 is 0. The summed E-state index contributed by atoms with van der Waals surface area (Å²) < 4.78 is 17.8. The van der Waals surface area contributed by atoms with Gasteiger partial charge in [-0.15, -0.1) is 0 Å². The van der Waals surface area contributed by atoms with Crippen molar-refractivity contribution < 1.29 is 38.5 Å². The van der Waals surface area contributed by atoms with Crippen molar-refractivity contribution in [2.24, 2.45) is 0 Å². The minimum absolute atomic E-state index is 1.37. The normalized spacial score (nSPS) is 10.9. The van der Waals surface area contributed by atoms with Crippen molar-refractivity contribution in [3.63, 3.8) is 0 Å². The summed E-state index contributed by atoms with van der Waals surface area (Å²) in [6, 6.07) is 0. The van der Waals surface area contributed by atoms with Gasteiger partial charge < -0.3 is 29.4 Å². The quantitative estimate of drug-likeness (QED) is 0.0760. The first-order chi connectivity index (χ1) is 15.8. The maximum absolute atomic E-state index is 8.88. The van der Waals surface area contributed by atoms with E-state index in [4.69, 9.17) is 38.5 Å². The highest BCUT2D eigenvalue weighted by molar-refractivity contribution is 7.45. The Morgan fingerprint density at radius 1 is 0.324 bits per heavy atom. The van der Waals surface area contributed by atoms with Gasteiger partial charge in [0, 0.05) is 0 Å². The molecule has 10 heteroatoms. The number of rotatable bonds is 18. The lowest BCUT2D eigenvalue weighted by Gasteiger charge is -1.99. The van der Waals surface area contributed by atoms with Crippen molar-refractivity contribution in [3.8, 4) is 0 Å². The fourth-order valence-electron chi connectivity index (χ4n) is 3.12. The van der Waals surface area contributed by atoms with Crippen molar-refractivity contribution in [2.75, 3.05) is 0 Å². The minimum Gasteiger partial charge on any atom is -0.303 e. The third-order valence-corrected chi connectivity index (χ3v) is 4.91. The van der Waals surface area contributed by atoms with Gasteiger partial charge in [-0.05, 0) is 0 Å². The van der Waals surface area contributed by atoms with Crippen LogP contribution in [0.2, 0.25) is 0 Å². The highest BCUT2D eigenvalue weighted by Gasteiger charge is 2.00. The number of unbranched alkanes of at least 4 members (excludes halogenated alkanes) is 18. The van der Waals surface area contributed by atoms with Crippen LogP contribution in [0, 0.1) is 0 Å². The predicted molar refractivity (Wildman–Crippen MR) is 144 cm³/mol. The average molecular weight is 537 g/mol. The first kappa shape index (κ1) is 41.4. The van der Waals surface area contributed by atoms with Crippen LogP contribution >= 0.6 is 15.6 Å². The van der Waals surface area contributed by atoms with Crippen LogP contribution in [-0.2, 0) is 9.13 Å². The van der Waals surface area contributed by atoms with Crippen molar-refractivity contribution in [2.45, 2.75) is 156 Å². The molecule has 0 aromatic rings. The molecule has 0 bridgehead atoms. The van der Waals surface area contributed by atoms with Crippen LogP contribution in [-0.4, -0.2) is 29.4 Å². The van der Waals surface area contributed by atoms with Gasteiger partial charge in [0.25, 0.3) is 0 Å². The average Bonchev–Trinajstić information content (AvgIpc) is 2.70. The maximum Gasteiger partial charge on any atom is 0.466 e. The lowest BCUT2D eigenvalue weighted by atomic mass is 10.1. The maximum atomic E-state index is 8.88. The Morgan fingerprint density at radius 3 is 0.500 bits per heavy atom. The standard InChI is InChI=1S/2C12H26.2H3O4P/c2*1-3-5-7-9-11-12-10-8-6-4-2;2*1-5(2,3)4/h2*3-12H2,1-2H3;2*(H3,1,2,3,4). The number of hydrogen-bond donors (Lipinski definition) is 6. The summed E-state index contributed by atoms with van der Waals surface area (Å²) in [7, 11) is -9.28. The van der Waals surface area contributed by atoms with Crippen molar-refractivity contribution in [1.29, 1.82) is 0 Å². The van der Waals surface area contributed by atoms with Crippen LogP contribution in [0.5, 0.6) is 0 Å². The summed E-state index contributed by atoms with van der Waals surface area (Å²) in [4.78, 5) is 43.1. The van der Waals surface area contributed by atoms with Crippen LogP contribution in [0.15, 0.2) is 0 Å². The van der Waals surface area contributed by atoms with Crippen LogP contribution in [0.25, 0.3) is 0 Å². The van der Waals surface area contributed by atoms with Crippen molar-refractivity contribution in [1.82, 2.24) is 0 Å². The number of phosphoric acid groups is 2. The molecule has 0 aliphatic heterocycles. The fraction of sp³-hybridized carbons (Fsp3) is 1.00. The second-order valence-electron chi connectivity index (χ2n) is 8.68. The zero-order chi connectivity index (χ0) is 27.1. The molecule has 212 valence electrons. The van der Waals surface area contributed by atoms with E-state index in [1.54, 1.807) is 0 Å². The van der Waals surface area contributed by atoms with Gasteiger partial charge >= 0.3 is 15.6 Å². The van der Waals surface area contributed by atoms with Gasteiger partial charge in [-0.2, -0.15) is 0 Å². The topological polar surface area (TPSA) is 156 Å². The van der Waals surface area contributed by atoms with Gasteiger partial charge in [-0.3, -0.25) is 0 Å². The lowest BCUT2D eigenvalue weighted by molar-refractivity contribution is 0.272. The SMILES string of the molecule is CCCCCCCCCCCC.CCCCCCCCCCCC.O=P(O)(O)O.O=P(O)(O)O. The monoisotopic (exact) mass is 536 g/mol. The molecule has 0 atom stereocenters. The molecule has 0 rings (SSSR count). The molecule has 8 nitrogen and oxygen atoms in total. The molecule has 0 saturated heterocycles. The van der Waals surface area contributed by atoms with Crippen molar-refractivity contribution in [3.05, 3.63) is 0 Å². The Bertz CT molecular complexity index is 362. The van der Waals surface area contributed by atoms with Crippen molar-refractivity contribution >= 4 is 15.6 Å². The van der Waals surface area contributed by atoms with E-state index in [1.165, 1.54) is 128 Å². The largest absolute Gasteiger partial charge is 0.466 e. The van der Waals surface area contributed by atoms with Crippen LogP contribution in [0.1, 0.15) is 156 Å². The molecule has 0 unspecified atom stereocenters. The third-order valence-electron chi connectivity index (χ3n) is 4.91. The van der Waals surface area contributed by atoms with Gasteiger partial charge in [0.15, 0.2) is 0 Å². The molecule has 0 aromatic carbocycles. The second-order valence-corrected chi connectivity index (χ2v) is 10.7. The van der Waals surface area contributed by atoms with E-state index in [-0.39, 0.29) is 0 Å². The third kappa shape index (κ3) is 94.6. The lowest BCUT2D eigenvalue weighted by Crippen LogP contribution is -1.80. The summed E-state index contributed by atoms with van der Waals surface area (Å²) in [5, 5.41) is 0. The van der Waals surface area contributed by atoms with E-state index in [0.717, 1.165) is 0 Å². The molecule has 0 aliphatic rings. The van der Waals surface area contributed by atoms with E-state index in [0.29, 0.717) is 0 Å². The summed E-state index contributed by atoms with van der Waals surface area (Å²) in [6.45, 7) is 9.12.